The summed E-state index contributed by atoms with van der Waals surface area (Å²) in [5.74, 6) is -0.981. The van der Waals surface area contributed by atoms with Crippen molar-refractivity contribution in [1.82, 2.24) is 20.2 Å². The highest BCUT2D eigenvalue weighted by Crippen LogP contribution is 2.38. The fourth-order valence-corrected chi connectivity index (χ4v) is 3.09. The number of ether oxygens (including phenoxy) is 1. The maximum absolute atomic E-state index is 13.3. The van der Waals surface area contributed by atoms with Crippen LogP contribution in [0, 0.1) is 0 Å². The Labute approximate surface area is 162 Å². The third kappa shape index (κ3) is 5.10. The number of nitrogens with one attached hydrogen (secondary N) is 1. The fraction of sp³-hybridized carbons (Fsp3) is 0.250. The number of rotatable bonds is 5. The van der Waals surface area contributed by atoms with Gasteiger partial charge in [-0.05, 0) is 12.1 Å². The van der Waals surface area contributed by atoms with E-state index in [1.807, 2.05) is 0 Å². The molecule has 0 radical (unpaired) electrons. The first-order chi connectivity index (χ1) is 13.5. The number of hydrogen-bond donors (Lipinski definition) is 1. The highest BCUT2D eigenvalue weighted by Gasteiger charge is 2.45. The van der Waals surface area contributed by atoms with Gasteiger partial charge in [-0.3, -0.25) is 9.89 Å². The summed E-state index contributed by atoms with van der Waals surface area (Å²) in [6.45, 7) is 0. The second kappa shape index (κ2) is 7.81. The minimum absolute atomic E-state index is 0.122. The second-order valence-corrected chi connectivity index (χ2v) is 6.55. The molecule has 0 saturated heterocycles. The van der Waals surface area contributed by atoms with E-state index in [0.29, 0.717) is 23.0 Å². The molecule has 1 N–H and O–H groups in total. The van der Waals surface area contributed by atoms with E-state index in [-0.39, 0.29) is 5.69 Å². The molecule has 0 unspecified atom stereocenters. The SMILES string of the molecule is O=C(Cc1csc(-c2ncn[nH]2)n1)O[C@@H](c1cccc(C(F)(F)F)c1)C(F)(F)F. The first-order valence-electron chi connectivity index (χ1n) is 7.77. The third-order valence-electron chi connectivity index (χ3n) is 3.56. The predicted octanol–water partition coefficient (Wildman–Crippen LogP) is 4.34. The van der Waals surface area contributed by atoms with Crippen LogP contribution in [0.25, 0.3) is 10.8 Å². The Kier molecular flexibility index (Phi) is 5.59. The van der Waals surface area contributed by atoms with E-state index in [1.165, 1.54) is 11.7 Å². The summed E-state index contributed by atoms with van der Waals surface area (Å²) in [6.07, 6.45) is -12.2. The molecule has 6 nitrogen and oxygen atoms in total. The van der Waals surface area contributed by atoms with Crippen LogP contribution in [0.4, 0.5) is 26.3 Å². The summed E-state index contributed by atoms with van der Waals surface area (Å²) in [6, 6.07) is 2.55. The fourth-order valence-electron chi connectivity index (χ4n) is 2.33. The third-order valence-corrected chi connectivity index (χ3v) is 4.46. The highest BCUT2D eigenvalue weighted by molar-refractivity contribution is 7.13. The van der Waals surface area contributed by atoms with Gasteiger partial charge in [-0.1, -0.05) is 12.1 Å². The zero-order valence-electron chi connectivity index (χ0n) is 14.1. The van der Waals surface area contributed by atoms with E-state index < -0.39 is 42.0 Å². The molecule has 0 aliphatic rings. The van der Waals surface area contributed by atoms with Crippen LogP contribution in [-0.4, -0.2) is 32.3 Å². The van der Waals surface area contributed by atoms with Crippen molar-refractivity contribution in [2.75, 3.05) is 0 Å². The van der Waals surface area contributed by atoms with E-state index in [2.05, 4.69) is 24.9 Å². The largest absolute Gasteiger partial charge is 0.447 e. The summed E-state index contributed by atoms with van der Waals surface area (Å²) < 4.78 is 82.8. The molecule has 0 bridgehead atoms. The number of aromatic amines is 1. The van der Waals surface area contributed by atoms with Crippen molar-refractivity contribution >= 4 is 17.3 Å². The molecule has 154 valence electrons. The van der Waals surface area contributed by atoms with Gasteiger partial charge < -0.3 is 4.74 Å². The van der Waals surface area contributed by atoms with Crippen molar-refractivity contribution in [2.45, 2.75) is 24.9 Å². The number of H-pyrrole nitrogens is 1. The lowest BCUT2D eigenvalue weighted by Crippen LogP contribution is -2.27. The highest BCUT2D eigenvalue weighted by atomic mass is 32.1. The van der Waals surface area contributed by atoms with Gasteiger partial charge in [0.1, 0.15) is 6.33 Å². The Morgan fingerprint density at radius 2 is 1.97 bits per heavy atom. The van der Waals surface area contributed by atoms with Gasteiger partial charge in [0.15, 0.2) is 10.8 Å². The molecule has 1 atom stereocenters. The number of alkyl halides is 6. The molecule has 29 heavy (non-hydrogen) atoms. The lowest BCUT2D eigenvalue weighted by atomic mass is 10.1. The van der Waals surface area contributed by atoms with E-state index >= 15 is 0 Å². The molecule has 3 aromatic rings. The number of esters is 1. The summed E-state index contributed by atoms with van der Waals surface area (Å²) in [5, 5.41) is 7.95. The molecule has 2 aromatic heterocycles. The van der Waals surface area contributed by atoms with Crippen LogP contribution in [0.15, 0.2) is 36.0 Å². The Bertz CT molecular complexity index is 984. The van der Waals surface area contributed by atoms with Crippen LogP contribution >= 0.6 is 11.3 Å². The van der Waals surface area contributed by atoms with Crippen molar-refractivity contribution in [3.63, 3.8) is 0 Å². The summed E-state index contributed by atoms with van der Waals surface area (Å²) in [4.78, 5) is 19.9. The number of carbonyl (C=O) groups is 1. The monoisotopic (exact) mass is 436 g/mol. The van der Waals surface area contributed by atoms with Crippen LogP contribution in [0.5, 0.6) is 0 Å². The van der Waals surface area contributed by atoms with Crippen molar-refractivity contribution in [3.05, 3.63) is 52.8 Å². The Morgan fingerprint density at radius 3 is 2.59 bits per heavy atom. The van der Waals surface area contributed by atoms with Gasteiger partial charge in [-0.25, -0.2) is 9.97 Å². The quantitative estimate of drug-likeness (QED) is 0.476. The minimum atomic E-state index is -5.10. The van der Waals surface area contributed by atoms with Crippen molar-refractivity contribution in [2.24, 2.45) is 0 Å². The molecule has 0 saturated carbocycles. The number of carbonyl (C=O) groups excluding carboxylic acids is 1. The minimum Gasteiger partial charge on any atom is -0.447 e. The molecule has 0 spiro atoms. The van der Waals surface area contributed by atoms with Crippen LogP contribution < -0.4 is 0 Å². The van der Waals surface area contributed by atoms with E-state index in [9.17, 15) is 31.1 Å². The number of aromatic nitrogens is 4. The van der Waals surface area contributed by atoms with Crippen molar-refractivity contribution in [3.8, 4) is 10.8 Å². The molecule has 3 rings (SSSR count). The smallest absolute Gasteiger partial charge is 0.429 e. The lowest BCUT2D eigenvalue weighted by molar-refractivity contribution is -0.224. The van der Waals surface area contributed by atoms with Gasteiger partial charge in [0.2, 0.25) is 6.10 Å². The van der Waals surface area contributed by atoms with Gasteiger partial charge >= 0.3 is 18.3 Å². The first-order valence-corrected chi connectivity index (χ1v) is 8.65. The van der Waals surface area contributed by atoms with Crippen LogP contribution in [-0.2, 0) is 22.1 Å². The standard InChI is InChI=1S/C16H10F6N4O2S/c17-15(18,19)9-3-1-2-8(4-9)12(16(20,21)22)28-11(27)5-10-6-29-14(25-10)13-23-7-24-26-13/h1-4,6-7,12H,5H2,(H,23,24,26)/t12-/m0/s1. The molecule has 13 heteroatoms. The average Bonchev–Trinajstić information content (AvgIpc) is 3.29. The number of thiazole rings is 1. The van der Waals surface area contributed by atoms with Crippen molar-refractivity contribution < 1.29 is 35.9 Å². The molecule has 0 amide bonds. The predicted molar refractivity (Wildman–Crippen MR) is 87.5 cm³/mol. The molecule has 1 aromatic carbocycles. The Morgan fingerprint density at radius 1 is 1.21 bits per heavy atom. The van der Waals surface area contributed by atoms with Crippen molar-refractivity contribution in [1.29, 1.82) is 0 Å². The van der Waals surface area contributed by atoms with E-state index in [4.69, 9.17) is 0 Å². The molecular weight excluding hydrogens is 426 g/mol. The number of benzene rings is 1. The van der Waals surface area contributed by atoms with Gasteiger partial charge in [0.05, 0.1) is 17.7 Å². The zero-order chi connectivity index (χ0) is 21.2. The average molecular weight is 436 g/mol. The lowest BCUT2D eigenvalue weighted by Gasteiger charge is -2.21. The van der Waals surface area contributed by atoms with Crippen LogP contribution in [0.3, 0.4) is 0 Å². The molecule has 0 aliphatic carbocycles. The zero-order valence-corrected chi connectivity index (χ0v) is 14.9. The second-order valence-electron chi connectivity index (χ2n) is 5.69. The van der Waals surface area contributed by atoms with Gasteiger partial charge in [-0.15, -0.1) is 11.3 Å². The Hall–Kier alpha value is -2.96. The number of halogens is 6. The number of hydrogen-bond acceptors (Lipinski definition) is 6. The maximum Gasteiger partial charge on any atom is 0.429 e. The van der Waals surface area contributed by atoms with E-state index in [1.54, 1.807) is 0 Å². The molecule has 0 fully saturated rings. The molecular formula is C16H10F6N4O2S. The summed E-state index contributed by atoms with van der Waals surface area (Å²) >= 11 is 1.07. The van der Waals surface area contributed by atoms with Gasteiger partial charge in [-0.2, -0.15) is 31.4 Å². The topological polar surface area (TPSA) is 80.8 Å². The summed E-state index contributed by atoms with van der Waals surface area (Å²) in [5.41, 5.74) is -1.99. The van der Waals surface area contributed by atoms with Gasteiger partial charge in [0.25, 0.3) is 0 Å². The maximum atomic E-state index is 13.3. The normalized spacial score (nSPS) is 13.3. The van der Waals surface area contributed by atoms with Gasteiger partial charge in [0, 0.05) is 10.9 Å². The number of nitrogens with zero attached hydrogens (tertiary/aromatic N) is 3. The van der Waals surface area contributed by atoms with Crippen LogP contribution in [0.1, 0.15) is 22.9 Å². The Balaban J connectivity index is 1.77. The first kappa shape index (κ1) is 20.8. The molecule has 2 heterocycles. The molecule has 0 aliphatic heterocycles. The van der Waals surface area contributed by atoms with E-state index in [0.717, 1.165) is 23.5 Å². The summed E-state index contributed by atoms with van der Waals surface area (Å²) in [7, 11) is 0. The van der Waals surface area contributed by atoms with Crippen LogP contribution in [0.2, 0.25) is 0 Å².